The zero-order valence-electron chi connectivity index (χ0n) is 13.1. The van der Waals surface area contributed by atoms with Gasteiger partial charge in [-0.15, -0.1) is 0 Å². The number of hydrogen-bond donors (Lipinski definition) is 2. The summed E-state index contributed by atoms with van der Waals surface area (Å²) in [6.07, 6.45) is 9.45. The third kappa shape index (κ3) is 3.17. The summed E-state index contributed by atoms with van der Waals surface area (Å²) in [5.74, 6) is 8.36. The Kier molecular flexibility index (Phi) is 4.67. The van der Waals surface area contributed by atoms with Crippen LogP contribution in [0.5, 0.6) is 0 Å². The van der Waals surface area contributed by atoms with E-state index >= 15 is 0 Å². The summed E-state index contributed by atoms with van der Waals surface area (Å²) in [5, 5.41) is 0. The molecule has 21 heavy (non-hydrogen) atoms. The minimum absolute atomic E-state index is 0.105. The largest absolute Gasteiger partial charge is 0.464 e. The molecule has 2 heterocycles. The fraction of sp³-hybridized carbons (Fsp3) is 0.765. The summed E-state index contributed by atoms with van der Waals surface area (Å²) in [7, 11) is 0. The van der Waals surface area contributed by atoms with Gasteiger partial charge in [-0.3, -0.25) is 5.84 Å². The maximum absolute atomic E-state index is 6.19. The van der Waals surface area contributed by atoms with E-state index in [1.807, 2.05) is 0 Å². The average Bonchev–Trinajstić information content (AvgIpc) is 2.98. The van der Waals surface area contributed by atoms with Crippen molar-refractivity contribution in [1.82, 2.24) is 5.43 Å². The molecular weight excluding hydrogens is 264 g/mol. The number of hydrazine groups is 1. The zero-order valence-corrected chi connectivity index (χ0v) is 13.1. The van der Waals surface area contributed by atoms with Crippen LogP contribution in [0.3, 0.4) is 0 Å². The molecule has 1 aliphatic carbocycles. The van der Waals surface area contributed by atoms with Gasteiger partial charge in [-0.2, -0.15) is 0 Å². The van der Waals surface area contributed by atoms with Crippen molar-refractivity contribution in [2.24, 2.45) is 11.8 Å². The molecule has 1 aromatic heterocycles. The summed E-state index contributed by atoms with van der Waals surface area (Å²) < 4.78 is 12.1. The van der Waals surface area contributed by atoms with Crippen LogP contribution in [0.2, 0.25) is 0 Å². The number of nitrogens with one attached hydrogen (secondary N) is 1. The normalized spacial score (nSPS) is 26.9. The lowest BCUT2D eigenvalue weighted by Crippen LogP contribution is -2.45. The Morgan fingerprint density at radius 3 is 2.81 bits per heavy atom. The second kappa shape index (κ2) is 6.51. The number of nitrogens with two attached hydrogens (primary N) is 1. The predicted octanol–water partition coefficient (Wildman–Crippen LogP) is 3.48. The van der Waals surface area contributed by atoms with Crippen molar-refractivity contribution in [2.45, 2.75) is 69.9 Å². The molecule has 2 unspecified atom stereocenters. The van der Waals surface area contributed by atoms with Gasteiger partial charge in [-0.05, 0) is 43.7 Å². The molecule has 1 saturated heterocycles. The number of hydrogen-bond acceptors (Lipinski definition) is 4. The standard InChI is InChI=1S/C17H28N2O2/c1-2-14-6-7-15(21-14)16(19-18)13-8-11-20-17(12-13)9-4-3-5-10-17/h6-7,13,16,19H,2-5,8-12,18H2,1H3. The predicted molar refractivity (Wildman–Crippen MR) is 82.6 cm³/mol. The van der Waals surface area contributed by atoms with Crippen molar-refractivity contribution in [1.29, 1.82) is 0 Å². The minimum Gasteiger partial charge on any atom is -0.464 e. The van der Waals surface area contributed by atoms with Crippen LogP contribution in [0.4, 0.5) is 0 Å². The first-order chi connectivity index (χ1) is 10.3. The Balaban J connectivity index is 1.73. The van der Waals surface area contributed by atoms with Crippen LogP contribution >= 0.6 is 0 Å². The van der Waals surface area contributed by atoms with Crippen LogP contribution in [0.15, 0.2) is 16.5 Å². The Morgan fingerprint density at radius 1 is 1.33 bits per heavy atom. The zero-order chi connectivity index (χ0) is 14.7. The van der Waals surface area contributed by atoms with Gasteiger partial charge >= 0.3 is 0 Å². The minimum atomic E-state index is 0.105. The Hall–Kier alpha value is -0.840. The van der Waals surface area contributed by atoms with Crippen LogP contribution in [0, 0.1) is 5.92 Å². The van der Waals surface area contributed by atoms with Gasteiger partial charge in [0.15, 0.2) is 0 Å². The van der Waals surface area contributed by atoms with E-state index in [1.54, 1.807) is 0 Å². The second-order valence-corrected chi connectivity index (χ2v) is 6.65. The molecule has 118 valence electrons. The summed E-state index contributed by atoms with van der Waals surface area (Å²) in [6.45, 7) is 2.96. The summed E-state index contributed by atoms with van der Waals surface area (Å²) in [5.41, 5.74) is 3.11. The molecule has 4 heteroatoms. The SMILES string of the molecule is CCc1ccc(C(NN)C2CCOC3(CCCCC3)C2)o1. The van der Waals surface area contributed by atoms with Crippen molar-refractivity contribution in [3.63, 3.8) is 0 Å². The summed E-state index contributed by atoms with van der Waals surface area (Å²) >= 11 is 0. The third-order valence-electron chi connectivity index (χ3n) is 5.28. The lowest BCUT2D eigenvalue weighted by atomic mass is 9.74. The highest BCUT2D eigenvalue weighted by atomic mass is 16.5. The molecule has 1 saturated carbocycles. The van der Waals surface area contributed by atoms with E-state index < -0.39 is 0 Å². The Bertz CT molecular complexity index is 446. The van der Waals surface area contributed by atoms with Gasteiger partial charge < -0.3 is 9.15 Å². The van der Waals surface area contributed by atoms with Gasteiger partial charge in [0.25, 0.3) is 0 Å². The van der Waals surface area contributed by atoms with Crippen molar-refractivity contribution < 1.29 is 9.15 Å². The van der Waals surface area contributed by atoms with Crippen LogP contribution < -0.4 is 11.3 Å². The van der Waals surface area contributed by atoms with E-state index in [2.05, 4.69) is 24.5 Å². The van der Waals surface area contributed by atoms with E-state index in [1.165, 1.54) is 32.1 Å². The van der Waals surface area contributed by atoms with E-state index in [4.69, 9.17) is 15.0 Å². The monoisotopic (exact) mass is 292 g/mol. The van der Waals surface area contributed by atoms with E-state index in [9.17, 15) is 0 Å². The molecule has 3 N–H and O–H groups in total. The van der Waals surface area contributed by atoms with Crippen LogP contribution in [0.1, 0.15) is 69.4 Å². The van der Waals surface area contributed by atoms with Crippen molar-refractivity contribution in [3.8, 4) is 0 Å². The topological polar surface area (TPSA) is 60.4 Å². The van der Waals surface area contributed by atoms with Gasteiger partial charge in [0.2, 0.25) is 0 Å². The molecule has 0 aromatic carbocycles. The van der Waals surface area contributed by atoms with Crippen molar-refractivity contribution in [2.75, 3.05) is 6.61 Å². The molecule has 4 nitrogen and oxygen atoms in total. The molecule has 3 rings (SSSR count). The smallest absolute Gasteiger partial charge is 0.122 e. The maximum atomic E-state index is 6.19. The first-order valence-electron chi connectivity index (χ1n) is 8.45. The first kappa shape index (κ1) is 15.1. The summed E-state index contributed by atoms with van der Waals surface area (Å²) in [6, 6.07) is 4.25. The van der Waals surface area contributed by atoms with Gasteiger partial charge in [-0.1, -0.05) is 26.2 Å². The Morgan fingerprint density at radius 2 is 2.14 bits per heavy atom. The fourth-order valence-electron chi connectivity index (χ4n) is 4.10. The Labute approximate surface area is 127 Å². The highest BCUT2D eigenvalue weighted by Gasteiger charge is 2.41. The molecule has 2 fully saturated rings. The first-order valence-corrected chi connectivity index (χ1v) is 8.45. The highest BCUT2D eigenvalue weighted by molar-refractivity contribution is 5.12. The van der Waals surface area contributed by atoms with Crippen molar-refractivity contribution in [3.05, 3.63) is 23.7 Å². The molecule has 0 radical (unpaired) electrons. The number of ether oxygens (including phenoxy) is 1. The molecule has 0 amide bonds. The lowest BCUT2D eigenvalue weighted by Gasteiger charge is -2.45. The molecule has 0 bridgehead atoms. The number of rotatable bonds is 4. The molecule has 2 atom stereocenters. The molecule has 1 aliphatic heterocycles. The third-order valence-corrected chi connectivity index (χ3v) is 5.28. The lowest BCUT2D eigenvalue weighted by molar-refractivity contribution is -0.122. The van der Waals surface area contributed by atoms with E-state index in [-0.39, 0.29) is 11.6 Å². The molecular formula is C17H28N2O2. The van der Waals surface area contributed by atoms with Crippen LogP contribution in [-0.4, -0.2) is 12.2 Å². The quantitative estimate of drug-likeness (QED) is 0.659. The van der Waals surface area contributed by atoms with E-state index in [0.717, 1.165) is 37.4 Å². The molecule has 1 aromatic rings. The average molecular weight is 292 g/mol. The number of aryl methyl sites for hydroxylation is 1. The second-order valence-electron chi connectivity index (χ2n) is 6.65. The summed E-state index contributed by atoms with van der Waals surface area (Å²) in [4.78, 5) is 0. The molecule has 1 spiro atoms. The highest BCUT2D eigenvalue weighted by Crippen LogP contribution is 2.44. The van der Waals surface area contributed by atoms with Gasteiger partial charge in [-0.25, -0.2) is 5.43 Å². The van der Waals surface area contributed by atoms with Crippen LogP contribution in [0.25, 0.3) is 0 Å². The van der Waals surface area contributed by atoms with Crippen molar-refractivity contribution >= 4 is 0 Å². The number of furan rings is 1. The molecule has 2 aliphatic rings. The van der Waals surface area contributed by atoms with Gasteiger partial charge in [0, 0.05) is 13.0 Å². The fourth-order valence-corrected chi connectivity index (χ4v) is 4.10. The van der Waals surface area contributed by atoms with Gasteiger partial charge in [0.1, 0.15) is 11.5 Å². The maximum Gasteiger partial charge on any atom is 0.122 e. The van der Waals surface area contributed by atoms with Gasteiger partial charge in [0.05, 0.1) is 11.6 Å². The van der Waals surface area contributed by atoms with E-state index in [0.29, 0.717) is 5.92 Å². The van der Waals surface area contributed by atoms with Crippen LogP contribution in [-0.2, 0) is 11.2 Å².